The Balaban J connectivity index is 0.000000214. The SMILES string of the molecule is CCCCCCCCc1ccc([C@@H]2CC[C@@](N)(CC)C2)cc1.CCCCCCCCc1ccc([C@@H]2CC[C@](N)(CC)C2)cc1.CCCCCCCCc1ccc([C@H]2CC[C@@](N)(CC)C2)cc1.CCCCCCCCc1ccc([C@H]2CC[C@](N)(CC)C2)cc1. The molecule has 4 aromatic rings. The number of hydrogen-bond donors (Lipinski definition) is 4. The predicted octanol–water partition coefficient (Wildman–Crippen LogP) is 23.9. The molecule has 496 valence electrons. The molecule has 8 atom stereocenters. The lowest BCUT2D eigenvalue weighted by Gasteiger charge is -2.22. The summed E-state index contributed by atoms with van der Waals surface area (Å²) in [6, 6.07) is 37.7. The summed E-state index contributed by atoms with van der Waals surface area (Å²) in [7, 11) is 0. The first-order valence-electron chi connectivity index (χ1n) is 38.2. The van der Waals surface area contributed by atoms with Crippen LogP contribution in [0.25, 0.3) is 0 Å². The lowest BCUT2D eigenvalue weighted by molar-refractivity contribution is 0.418. The van der Waals surface area contributed by atoms with Crippen molar-refractivity contribution < 1.29 is 0 Å². The Morgan fingerprint density at radius 2 is 0.420 bits per heavy atom. The Morgan fingerprint density at radius 3 is 0.580 bits per heavy atom. The van der Waals surface area contributed by atoms with E-state index in [4.69, 9.17) is 22.9 Å². The van der Waals surface area contributed by atoms with E-state index in [-0.39, 0.29) is 22.2 Å². The minimum absolute atomic E-state index is 0.0990. The molecule has 4 saturated carbocycles. The van der Waals surface area contributed by atoms with Gasteiger partial charge in [0.05, 0.1) is 0 Å². The second-order valence-electron chi connectivity index (χ2n) is 29.7. The third kappa shape index (κ3) is 27.9. The molecule has 0 aliphatic heterocycles. The summed E-state index contributed by atoms with van der Waals surface area (Å²) < 4.78 is 0. The van der Waals surface area contributed by atoms with Gasteiger partial charge < -0.3 is 22.9 Å². The summed E-state index contributed by atoms with van der Waals surface area (Å²) >= 11 is 0. The van der Waals surface area contributed by atoms with E-state index in [0.29, 0.717) is 23.7 Å². The van der Waals surface area contributed by atoms with E-state index >= 15 is 0 Å². The molecule has 4 fully saturated rings. The molecule has 0 saturated heterocycles. The van der Waals surface area contributed by atoms with Gasteiger partial charge in [-0.15, -0.1) is 0 Å². The Bertz CT molecular complexity index is 2020. The maximum Gasteiger partial charge on any atom is 0.0157 e. The van der Waals surface area contributed by atoms with E-state index in [2.05, 4.69) is 152 Å². The lowest BCUT2D eigenvalue weighted by atomic mass is 9.91. The normalized spacial score (nSPS) is 24.8. The third-order valence-corrected chi connectivity index (χ3v) is 22.5. The first kappa shape index (κ1) is 75.4. The maximum absolute atomic E-state index is 6.43. The Hall–Kier alpha value is -3.28. The quantitative estimate of drug-likeness (QED) is 0.0341. The van der Waals surface area contributed by atoms with Crippen LogP contribution in [0.1, 0.15) is 380 Å². The molecule has 8 rings (SSSR count). The number of hydrogen-bond acceptors (Lipinski definition) is 4. The highest BCUT2D eigenvalue weighted by Crippen LogP contribution is 2.44. The molecule has 8 N–H and O–H groups in total. The van der Waals surface area contributed by atoms with Crippen LogP contribution in [0.4, 0.5) is 0 Å². The lowest BCUT2D eigenvalue weighted by Crippen LogP contribution is -2.35. The van der Waals surface area contributed by atoms with Crippen LogP contribution in [-0.2, 0) is 25.7 Å². The second kappa shape index (κ2) is 42.0. The van der Waals surface area contributed by atoms with Gasteiger partial charge in [0.15, 0.2) is 0 Å². The fourth-order valence-corrected chi connectivity index (χ4v) is 15.3. The summed E-state index contributed by atoms with van der Waals surface area (Å²) in [4.78, 5) is 0. The molecule has 0 unspecified atom stereocenters. The molecular weight excluding hydrogens is 1060 g/mol. The fraction of sp³-hybridized carbons (Fsp3) is 0.714. The molecule has 4 heteroatoms. The minimum atomic E-state index is 0.0990. The van der Waals surface area contributed by atoms with E-state index in [1.807, 2.05) is 0 Å². The van der Waals surface area contributed by atoms with Crippen LogP contribution in [0.3, 0.4) is 0 Å². The van der Waals surface area contributed by atoms with Crippen LogP contribution in [0, 0.1) is 0 Å². The van der Waals surface area contributed by atoms with Gasteiger partial charge in [-0.2, -0.15) is 0 Å². The zero-order valence-electron chi connectivity index (χ0n) is 59.0. The first-order valence-corrected chi connectivity index (χ1v) is 38.2. The van der Waals surface area contributed by atoms with E-state index in [1.165, 1.54) is 301 Å². The monoisotopic (exact) mass is 1210 g/mol. The van der Waals surface area contributed by atoms with Crippen molar-refractivity contribution in [2.24, 2.45) is 22.9 Å². The predicted molar refractivity (Wildman–Crippen MR) is 389 cm³/mol. The third-order valence-electron chi connectivity index (χ3n) is 22.5. The number of aryl methyl sites for hydroxylation is 4. The Morgan fingerprint density at radius 1 is 0.250 bits per heavy atom. The number of rotatable bonds is 36. The maximum atomic E-state index is 6.43. The summed E-state index contributed by atoms with van der Waals surface area (Å²) in [6.45, 7) is 18.0. The van der Waals surface area contributed by atoms with Gasteiger partial charge in [0.2, 0.25) is 0 Å². The molecule has 88 heavy (non-hydrogen) atoms. The van der Waals surface area contributed by atoms with Gasteiger partial charge in [-0.25, -0.2) is 0 Å². The van der Waals surface area contributed by atoms with Crippen LogP contribution < -0.4 is 22.9 Å². The van der Waals surface area contributed by atoms with Gasteiger partial charge in [-0.3, -0.25) is 0 Å². The smallest absolute Gasteiger partial charge is 0.0157 e. The van der Waals surface area contributed by atoms with Crippen LogP contribution >= 0.6 is 0 Å². The average molecular weight is 1210 g/mol. The zero-order valence-corrected chi connectivity index (χ0v) is 59.0. The standard InChI is InChI=1S/4C21H35N/c4*1-3-5-6-7-8-9-10-18-11-13-19(14-12-18)20-15-16-21(22,4-2)17-20/h4*11-14,20H,3-10,15-17,22H2,1-2H3/t2*20-,21+;2*20-,21-/m1010/s1. The van der Waals surface area contributed by atoms with Crippen molar-refractivity contribution in [3.63, 3.8) is 0 Å². The largest absolute Gasteiger partial charge is 0.325 e. The van der Waals surface area contributed by atoms with Gasteiger partial charge in [-0.1, -0.05) is 281 Å². The topological polar surface area (TPSA) is 104 Å². The van der Waals surface area contributed by atoms with E-state index in [0.717, 1.165) is 25.7 Å². The number of benzene rings is 4. The molecule has 0 spiro atoms. The van der Waals surface area contributed by atoms with E-state index < -0.39 is 0 Å². The summed E-state index contributed by atoms with van der Waals surface area (Å²) in [5.41, 5.74) is 38.2. The molecule has 4 aromatic carbocycles. The van der Waals surface area contributed by atoms with Crippen LogP contribution in [-0.4, -0.2) is 22.2 Å². The zero-order chi connectivity index (χ0) is 63.4. The van der Waals surface area contributed by atoms with Crippen LogP contribution in [0.2, 0.25) is 0 Å². The molecule has 0 amide bonds. The van der Waals surface area contributed by atoms with Gasteiger partial charge in [0.25, 0.3) is 0 Å². The van der Waals surface area contributed by atoms with Crippen molar-refractivity contribution in [2.75, 3.05) is 0 Å². The first-order chi connectivity index (χ1) is 42.7. The van der Waals surface area contributed by atoms with Crippen molar-refractivity contribution in [1.29, 1.82) is 0 Å². The highest BCUT2D eigenvalue weighted by molar-refractivity contribution is 5.31. The van der Waals surface area contributed by atoms with E-state index in [9.17, 15) is 0 Å². The number of unbranched alkanes of at least 4 members (excludes halogenated alkanes) is 20. The Labute approximate surface area is 545 Å². The summed E-state index contributed by atoms with van der Waals surface area (Å²) in [5.74, 6) is 2.75. The fourth-order valence-electron chi connectivity index (χ4n) is 15.3. The minimum Gasteiger partial charge on any atom is -0.325 e. The van der Waals surface area contributed by atoms with Gasteiger partial charge in [0, 0.05) is 22.2 Å². The molecule has 4 nitrogen and oxygen atoms in total. The van der Waals surface area contributed by atoms with Gasteiger partial charge in [-0.05, 0) is 222 Å². The van der Waals surface area contributed by atoms with Crippen molar-refractivity contribution in [3.05, 3.63) is 142 Å². The summed E-state index contributed by atoms with van der Waals surface area (Å²) in [5, 5.41) is 0. The van der Waals surface area contributed by atoms with Gasteiger partial charge in [0.1, 0.15) is 0 Å². The average Bonchev–Trinajstić information content (AvgIpc) is 3.53. The van der Waals surface area contributed by atoms with Crippen molar-refractivity contribution in [2.45, 2.75) is 384 Å². The van der Waals surface area contributed by atoms with Crippen molar-refractivity contribution >= 4 is 0 Å². The molecule has 4 aliphatic carbocycles. The molecule has 0 bridgehead atoms. The molecule has 0 heterocycles. The molecule has 4 aliphatic rings. The van der Waals surface area contributed by atoms with Crippen molar-refractivity contribution in [1.82, 2.24) is 0 Å². The second-order valence-corrected chi connectivity index (χ2v) is 29.7. The van der Waals surface area contributed by atoms with Crippen molar-refractivity contribution in [3.8, 4) is 0 Å². The Kier molecular flexibility index (Phi) is 36.0. The van der Waals surface area contributed by atoms with Crippen LogP contribution in [0.15, 0.2) is 97.1 Å². The van der Waals surface area contributed by atoms with E-state index in [1.54, 1.807) is 0 Å². The molecular formula is C84H140N4. The molecule has 0 aromatic heterocycles. The summed E-state index contributed by atoms with van der Waals surface area (Å²) in [6.07, 6.45) is 57.0. The highest BCUT2D eigenvalue weighted by Gasteiger charge is 2.37. The number of nitrogens with two attached hydrogens (primary N) is 4. The van der Waals surface area contributed by atoms with Gasteiger partial charge >= 0.3 is 0 Å². The molecule has 0 radical (unpaired) electrons. The van der Waals surface area contributed by atoms with Crippen LogP contribution in [0.5, 0.6) is 0 Å². The highest BCUT2D eigenvalue weighted by atomic mass is 14.8.